The molecule has 1 atom stereocenters. The fourth-order valence-electron chi connectivity index (χ4n) is 4.35. The Morgan fingerprint density at radius 3 is 2.21 bits per heavy atom. The monoisotopic (exact) mass is 489 g/mol. The Morgan fingerprint density at radius 2 is 1.55 bits per heavy atom. The van der Waals surface area contributed by atoms with Gasteiger partial charge in [-0.15, -0.1) is 0 Å². The maximum atomic E-state index is 13.0. The number of piperidine rings is 2. The van der Waals surface area contributed by atoms with Crippen molar-refractivity contribution in [3.8, 4) is 0 Å². The van der Waals surface area contributed by atoms with E-state index in [0.717, 1.165) is 32.4 Å². The Kier molecular flexibility index (Phi) is 7.36. The van der Waals surface area contributed by atoms with Crippen LogP contribution in [0.2, 0.25) is 5.02 Å². The number of amides is 2. The molecule has 0 spiro atoms. The van der Waals surface area contributed by atoms with E-state index in [1.807, 2.05) is 4.90 Å². The van der Waals surface area contributed by atoms with Crippen molar-refractivity contribution < 1.29 is 18.0 Å². The van der Waals surface area contributed by atoms with Gasteiger partial charge in [-0.05, 0) is 80.6 Å². The molecule has 2 aromatic rings. The number of sulfonamides is 1. The number of hydrogen-bond acceptors (Lipinski definition) is 4. The van der Waals surface area contributed by atoms with Gasteiger partial charge in [-0.1, -0.05) is 11.6 Å². The summed E-state index contributed by atoms with van der Waals surface area (Å²) in [6.45, 7) is 2.08. The SMILES string of the molecule is O=C(Nc1ccc(C(=O)N2CCCCC2)cc1)C1CCCN(S(=O)(=O)c2ccc(Cl)cc2)C1. The molecule has 1 unspecified atom stereocenters. The number of rotatable bonds is 5. The Morgan fingerprint density at radius 1 is 0.879 bits per heavy atom. The molecule has 0 aliphatic carbocycles. The summed E-state index contributed by atoms with van der Waals surface area (Å²) in [5.74, 6) is -0.653. The van der Waals surface area contributed by atoms with Crippen LogP contribution in [0.3, 0.4) is 0 Å². The van der Waals surface area contributed by atoms with Crippen molar-refractivity contribution in [2.24, 2.45) is 5.92 Å². The molecule has 7 nitrogen and oxygen atoms in total. The van der Waals surface area contributed by atoms with Crippen LogP contribution in [-0.2, 0) is 14.8 Å². The predicted molar refractivity (Wildman–Crippen MR) is 128 cm³/mol. The highest BCUT2D eigenvalue weighted by atomic mass is 35.5. The fraction of sp³-hybridized carbons (Fsp3) is 0.417. The molecule has 0 radical (unpaired) electrons. The normalized spacial score (nSPS) is 19.8. The zero-order valence-corrected chi connectivity index (χ0v) is 19.9. The Bertz CT molecular complexity index is 1100. The summed E-state index contributed by atoms with van der Waals surface area (Å²) in [5, 5.41) is 3.34. The van der Waals surface area contributed by atoms with Gasteiger partial charge < -0.3 is 10.2 Å². The highest BCUT2D eigenvalue weighted by molar-refractivity contribution is 7.89. The van der Waals surface area contributed by atoms with Crippen LogP contribution in [-0.4, -0.2) is 55.6 Å². The third kappa shape index (κ3) is 5.57. The molecule has 2 amide bonds. The largest absolute Gasteiger partial charge is 0.339 e. The van der Waals surface area contributed by atoms with Crippen LogP contribution in [0.15, 0.2) is 53.4 Å². The van der Waals surface area contributed by atoms with Gasteiger partial charge >= 0.3 is 0 Å². The Labute approximate surface area is 199 Å². The minimum Gasteiger partial charge on any atom is -0.339 e. The van der Waals surface area contributed by atoms with Crippen LogP contribution in [0.25, 0.3) is 0 Å². The maximum absolute atomic E-state index is 13.0. The fourth-order valence-corrected chi connectivity index (χ4v) is 6.00. The van der Waals surface area contributed by atoms with Crippen molar-refractivity contribution in [2.75, 3.05) is 31.5 Å². The Hall–Kier alpha value is -2.42. The summed E-state index contributed by atoms with van der Waals surface area (Å²) in [7, 11) is -3.69. The zero-order valence-electron chi connectivity index (χ0n) is 18.4. The average molecular weight is 490 g/mol. The lowest BCUT2D eigenvalue weighted by Gasteiger charge is -2.31. The number of halogens is 1. The highest BCUT2D eigenvalue weighted by Gasteiger charge is 2.33. The number of carbonyl (C=O) groups excluding carboxylic acids is 2. The first-order valence-electron chi connectivity index (χ1n) is 11.3. The number of anilines is 1. The number of likely N-dealkylation sites (tertiary alicyclic amines) is 1. The van der Waals surface area contributed by atoms with Gasteiger partial charge in [0.25, 0.3) is 5.91 Å². The molecule has 176 valence electrons. The topological polar surface area (TPSA) is 86.8 Å². The Balaban J connectivity index is 1.38. The number of nitrogens with one attached hydrogen (secondary N) is 1. The van der Waals surface area contributed by atoms with Crippen molar-refractivity contribution in [3.63, 3.8) is 0 Å². The van der Waals surface area contributed by atoms with Crippen molar-refractivity contribution in [2.45, 2.75) is 37.0 Å². The second-order valence-electron chi connectivity index (χ2n) is 8.58. The van der Waals surface area contributed by atoms with E-state index in [4.69, 9.17) is 11.6 Å². The van der Waals surface area contributed by atoms with Gasteiger partial charge in [0.15, 0.2) is 0 Å². The molecule has 9 heteroatoms. The first kappa shape index (κ1) is 23.7. The van der Waals surface area contributed by atoms with Gasteiger partial charge in [-0.3, -0.25) is 9.59 Å². The maximum Gasteiger partial charge on any atom is 0.253 e. The van der Waals surface area contributed by atoms with Crippen molar-refractivity contribution in [1.82, 2.24) is 9.21 Å². The van der Waals surface area contributed by atoms with E-state index in [1.165, 1.54) is 16.4 Å². The molecule has 0 bridgehead atoms. The van der Waals surface area contributed by atoms with Gasteiger partial charge in [0.1, 0.15) is 0 Å². The molecule has 2 saturated heterocycles. The molecule has 33 heavy (non-hydrogen) atoms. The van der Waals surface area contributed by atoms with Crippen LogP contribution in [0.1, 0.15) is 42.5 Å². The minimum atomic E-state index is -3.69. The van der Waals surface area contributed by atoms with Gasteiger partial charge in [0.2, 0.25) is 15.9 Å². The molecule has 0 aromatic heterocycles. The van der Waals surface area contributed by atoms with Crippen LogP contribution < -0.4 is 5.32 Å². The third-order valence-corrected chi connectivity index (χ3v) is 8.38. The van der Waals surface area contributed by atoms with E-state index >= 15 is 0 Å². The molecule has 2 aliphatic rings. The minimum absolute atomic E-state index is 0.0166. The summed E-state index contributed by atoms with van der Waals surface area (Å²) >= 11 is 5.87. The van der Waals surface area contributed by atoms with Crippen LogP contribution in [0.5, 0.6) is 0 Å². The molecule has 4 rings (SSSR count). The molecular weight excluding hydrogens is 462 g/mol. The zero-order chi connectivity index (χ0) is 23.4. The van der Waals surface area contributed by atoms with E-state index in [-0.39, 0.29) is 23.3 Å². The average Bonchev–Trinajstić information content (AvgIpc) is 2.85. The van der Waals surface area contributed by atoms with Gasteiger partial charge in [0.05, 0.1) is 10.8 Å². The number of benzene rings is 2. The third-order valence-electron chi connectivity index (χ3n) is 6.25. The van der Waals surface area contributed by atoms with Crippen LogP contribution in [0, 0.1) is 5.92 Å². The van der Waals surface area contributed by atoms with Crippen molar-refractivity contribution in [3.05, 3.63) is 59.1 Å². The molecule has 2 fully saturated rings. The van der Waals surface area contributed by atoms with Gasteiger partial charge in [-0.25, -0.2) is 8.42 Å². The van der Waals surface area contributed by atoms with E-state index in [0.29, 0.717) is 35.7 Å². The van der Waals surface area contributed by atoms with E-state index < -0.39 is 15.9 Å². The van der Waals surface area contributed by atoms with Crippen molar-refractivity contribution in [1.29, 1.82) is 0 Å². The summed E-state index contributed by atoms with van der Waals surface area (Å²) in [6.07, 6.45) is 4.45. The summed E-state index contributed by atoms with van der Waals surface area (Å²) < 4.78 is 27.3. The molecule has 2 aromatic carbocycles. The van der Waals surface area contributed by atoms with Crippen LogP contribution >= 0.6 is 11.6 Å². The second kappa shape index (κ2) is 10.2. The van der Waals surface area contributed by atoms with E-state index in [1.54, 1.807) is 36.4 Å². The first-order chi connectivity index (χ1) is 15.8. The second-order valence-corrected chi connectivity index (χ2v) is 10.9. The number of carbonyl (C=O) groups is 2. The standard InChI is InChI=1S/C24H28ClN3O4S/c25-20-8-12-22(13-9-20)33(31,32)28-16-4-5-19(17-28)23(29)26-21-10-6-18(7-11-21)24(30)27-14-2-1-3-15-27/h6-13,19H,1-5,14-17H2,(H,26,29). The van der Waals surface area contributed by atoms with Gasteiger partial charge in [-0.2, -0.15) is 4.31 Å². The molecule has 1 N–H and O–H groups in total. The van der Waals surface area contributed by atoms with E-state index in [2.05, 4.69) is 5.32 Å². The molecule has 2 heterocycles. The summed E-state index contributed by atoms with van der Waals surface area (Å²) in [5.41, 5.74) is 1.20. The lowest BCUT2D eigenvalue weighted by atomic mass is 9.98. The molecule has 2 aliphatic heterocycles. The van der Waals surface area contributed by atoms with E-state index in [9.17, 15) is 18.0 Å². The predicted octanol–water partition coefficient (Wildman–Crippen LogP) is 4.01. The summed E-state index contributed by atoms with van der Waals surface area (Å²) in [4.78, 5) is 27.5. The van der Waals surface area contributed by atoms with Crippen molar-refractivity contribution >= 4 is 39.1 Å². The number of nitrogens with zero attached hydrogens (tertiary/aromatic N) is 2. The summed E-state index contributed by atoms with van der Waals surface area (Å²) in [6, 6.07) is 12.9. The van der Waals surface area contributed by atoms with Crippen LogP contribution in [0.4, 0.5) is 5.69 Å². The smallest absolute Gasteiger partial charge is 0.253 e. The molecule has 0 saturated carbocycles. The number of hydrogen-bond donors (Lipinski definition) is 1. The van der Waals surface area contributed by atoms with Gasteiger partial charge in [0, 0.05) is 42.5 Å². The highest BCUT2D eigenvalue weighted by Crippen LogP contribution is 2.26. The first-order valence-corrected chi connectivity index (χ1v) is 13.1. The quantitative estimate of drug-likeness (QED) is 0.687. The molecular formula is C24H28ClN3O4S. The lowest BCUT2D eigenvalue weighted by Crippen LogP contribution is -2.43. The lowest BCUT2D eigenvalue weighted by molar-refractivity contribution is -0.120.